The van der Waals surface area contributed by atoms with Crippen molar-refractivity contribution in [2.45, 2.75) is 192 Å². The summed E-state index contributed by atoms with van der Waals surface area (Å²) in [7, 11) is 0. The molecule has 1 unspecified atom stereocenters. The highest BCUT2D eigenvalue weighted by atomic mass is 32.2. The molecule has 0 aromatic rings. The molecule has 0 saturated carbocycles. The molecule has 5 amide bonds. The van der Waals surface area contributed by atoms with Crippen LogP contribution in [-0.2, 0) is 81.4 Å². The molecule has 1 aliphatic rings. The number of carbonyl (C=O) groups is 16. The predicted octanol–water partition coefficient (Wildman–Crippen LogP) is -0.117. The lowest BCUT2D eigenvalue weighted by atomic mass is 9.89. The van der Waals surface area contributed by atoms with Crippen LogP contribution >= 0.6 is 11.8 Å². The minimum atomic E-state index is -1.69. The van der Waals surface area contributed by atoms with Gasteiger partial charge >= 0.3 is 29.8 Å². The van der Waals surface area contributed by atoms with E-state index in [1.165, 1.54) is 11.8 Å². The fraction of sp³-hybridized carbons (Fsp3) is 0.709. The number of carbonyl (C=O) groups excluding carboxylic acids is 11. The molecule has 1 saturated heterocycles. The van der Waals surface area contributed by atoms with E-state index in [1.54, 1.807) is 20.1 Å². The van der Waals surface area contributed by atoms with E-state index in [2.05, 4.69) is 31.9 Å². The fourth-order valence-electron chi connectivity index (χ4n) is 8.99. The number of hydrogen-bond donors (Lipinski definition) is 12. The van der Waals surface area contributed by atoms with E-state index < -0.39 is 232 Å². The number of aliphatic carboxylic acids is 5. The maximum absolute atomic E-state index is 13.8. The number of thioether (sulfide) groups is 1. The van der Waals surface area contributed by atoms with E-state index in [1.807, 2.05) is 13.8 Å². The van der Waals surface area contributed by atoms with Crippen LogP contribution in [0.25, 0.3) is 0 Å². The minimum Gasteiger partial charge on any atom is -0.481 e. The minimum absolute atomic E-state index is 0.0486. The molecule has 29 nitrogen and oxygen atoms in total. The van der Waals surface area contributed by atoms with Crippen LogP contribution in [0.1, 0.15) is 150 Å². The average molecular weight is 1230 g/mol. The molecule has 0 aliphatic carbocycles. The molecule has 1 fully saturated rings. The van der Waals surface area contributed by atoms with Crippen LogP contribution < -0.4 is 37.6 Å². The molecule has 0 aromatic carbocycles. The molecule has 1 heterocycles. The maximum atomic E-state index is 13.8. The molecule has 0 aromatic heterocycles. The lowest BCUT2D eigenvalue weighted by molar-refractivity contribution is -0.141. The summed E-state index contributed by atoms with van der Waals surface area (Å²) in [6, 6.07) is -8.04. The molecule has 1 aliphatic heterocycles. The van der Waals surface area contributed by atoms with Gasteiger partial charge < -0.3 is 62.6 Å². The second-order valence-electron chi connectivity index (χ2n) is 21.4. The van der Waals surface area contributed by atoms with Gasteiger partial charge in [0, 0.05) is 88.4 Å². The Labute approximate surface area is 496 Å². The first kappa shape index (κ1) is 76.0. The lowest BCUT2D eigenvalue weighted by Crippen LogP contribution is -2.53. The number of carboxylic acids is 5. The summed E-state index contributed by atoms with van der Waals surface area (Å²) >= 11 is 1.34. The Kier molecular flexibility index (Phi) is 36.0. The van der Waals surface area contributed by atoms with E-state index in [9.17, 15) is 97.1 Å². The van der Waals surface area contributed by atoms with Crippen molar-refractivity contribution in [3.8, 4) is 0 Å². The van der Waals surface area contributed by atoms with Crippen molar-refractivity contribution in [2.24, 2.45) is 29.4 Å². The second-order valence-corrected chi connectivity index (χ2v) is 22.3. The van der Waals surface area contributed by atoms with Crippen LogP contribution in [0.15, 0.2) is 0 Å². The highest BCUT2D eigenvalue weighted by molar-refractivity contribution is 7.98. The zero-order chi connectivity index (χ0) is 64.5. The van der Waals surface area contributed by atoms with Gasteiger partial charge in [0.25, 0.3) is 0 Å². The number of Topliss-reactive ketones (excluding diaryl/α,β-unsaturated/α-hetero) is 6. The molecular weight excluding hydrogens is 1140 g/mol. The van der Waals surface area contributed by atoms with Gasteiger partial charge in [-0.25, -0.2) is 0 Å². The van der Waals surface area contributed by atoms with Gasteiger partial charge in [-0.2, -0.15) is 11.8 Å². The Bertz CT molecular complexity index is 2390. The summed E-state index contributed by atoms with van der Waals surface area (Å²) in [6.45, 7) is 5.82. The van der Waals surface area contributed by atoms with Gasteiger partial charge in [0.05, 0.1) is 48.7 Å². The standard InChI is InChI=1S/C55H85N7O22S/c1-6-41(64)30(4)58-53(81)33(28-85-5)23-34(63)26-57-54(82)40(22-29(2)3)62-55(83)39-13-12-38(59-39)45(68)27-84-21-7-8-42(65)36(14-19-49(75)76)60-52(80)32(10-17-47(71)72)25-44(67)37(15-20-50(77)78)61-51(79)31(9-16-46(69)70)24-43(66)35(56)11-18-48(73)74/h29-33,35-40,59H,6-28,56H2,1-5H3,(H,57,82)(H,58,81)(H,60,80)(H,61,79)(H,62,83)(H,69,70)(H,71,72)(H,73,74)(H,75,76)(H,77,78)/t30-,31-,32-,33-,35+,36+,37+,38?,39-,40-/m0/s1. The first-order chi connectivity index (χ1) is 39.9. The van der Waals surface area contributed by atoms with Gasteiger partial charge in [-0.15, -0.1) is 0 Å². The van der Waals surface area contributed by atoms with E-state index in [4.69, 9.17) is 15.6 Å². The third-order valence-corrected chi connectivity index (χ3v) is 14.6. The van der Waals surface area contributed by atoms with Gasteiger partial charge in [0.1, 0.15) is 18.4 Å². The zero-order valence-corrected chi connectivity index (χ0v) is 49.6. The number of amides is 5. The van der Waals surface area contributed by atoms with Crippen LogP contribution in [-0.4, -0.2) is 194 Å². The van der Waals surface area contributed by atoms with Gasteiger partial charge in [0.15, 0.2) is 28.9 Å². The van der Waals surface area contributed by atoms with E-state index >= 15 is 0 Å². The predicted molar refractivity (Wildman–Crippen MR) is 301 cm³/mol. The largest absolute Gasteiger partial charge is 0.481 e. The Morgan fingerprint density at radius 1 is 0.553 bits per heavy atom. The smallest absolute Gasteiger partial charge is 0.303 e. The maximum Gasteiger partial charge on any atom is 0.303 e. The highest BCUT2D eigenvalue weighted by Crippen LogP contribution is 2.21. The molecule has 0 radical (unpaired) electrons. The average Bonchev–Trinajstić information content (AvgIpc) is 4.23. The van der Waals surface area contributed by atoms with Crippen molar-refractivity contribution in [2.75, 3.05) is 31.8 Å². The summed E-state index contributed by atoms with van der Waals surface area (Å²) in [5.41, 5.74) is 5.79. The number of hydrogen-bond acceptors (Lipinski definition) is 20. The first-order valence-electron chi connectivity index (χ1n) is 28.2. The fourth-order valence-corrected chi connectivity index (χ4v) is 9.66. The van der Waals surface area contributed by atoms with E-state index in [-0.39, 0.29) is 69.7 Å². The number of nitrogens with one attached hydrogen (secondary N) is 6. The topological polar surface area (TPSA) is 482 Å². The van der Waals surface area contributed by atoms with Crippen molar-refractivity contribution in [3.63, 3.8) is 0 Å². The molecule has 30 heteroatoms. The number of rotatable bonds is 48. The third kappa shape index (κ3) is 31.6. The summed E-state index contributed by atoms with van der Waals surface area (Å²) in [5.74, 6) is -17.7. The number of ether oxygens (including phenoxy) is 1. The molecule has 0 bridgehead atoms. The summed E-state index contributed by atoms with van der Waals surface area (Å²) in [5, 5.41) is 62.1. The Balaban J connectivity index is 3.01. The molecule has 478 valence electrons. The number of ketones is 6. The summed E-state index contributed by atoms with van der Waals surface area (Å²) in [4.78, 5) is 202. The second kappa shape index (κ2) is 40.3. The summed E-state index contributed by atoms with van der Waals surface area (Å²) in [6.07, 6.45) is -5.05. The van der Waals surface area contributed by atoms with E-state index in [0.717, 1.165) is 0 Å². The number of nitrogens with two attached hydrogens (primary N) is 1. The SMILES string of the molecule is CCC(=O)[C@H](C)NC(=O)[C@H](CSC)CC(=O)CNC(=O)[C@H](CC(C)C)NC(=O)[C@@H]1CCC(C(=O)COCCCC(=O)[C@@H](CCC(=O)O)NC(=O)[C@@H](CCC(=O)O)CC(=O)[C@@H](CCC(=O)O)NC(=O)[C@@H](CCC(=O)O)CC(=O)[C@H](N)CCC(=O)O)N1. The first-order valence-corrected chi connectivity index (χ1v) is 29.6. The van der Waals surface area contributed by atoms with Crippen molar-refractivity contribution >= 4 is 106 Å². The zero-order valence-electron chi connectivity index (χ0n) is 48.8. The van der Waals surface area contributed by atoms with Crippen LogP contribution in [0.3, 0.4) is 0 Å². The Morgan fingerprint density at radius 3 is 1.54 bits per heavy atom. The van der Waals surface area contributed by atoms with Crippen LogP contribution in [0.5, 0.6) is 0 Å². The quantitative estimate of drug-likeness (QED) is 0.0353. The summed E-state index contributed by atoms with van der Waals surface area (Å²) < 4.78 is 5.52. The van der Waals surface area contributed by atoms with Gasteiger partial charge in [-0.1, -0.05) is 20.8 Å². The monoisotopic (exact) mass is 1230 g/mol. The molecule has 10 atom stereocenters. The normalized spacial score (nSPS) is 16.6. The van der Waals surface area contributed by atoms with Gasteiger partial charge in [-0.05, 0) is 76.9 Å². The Morgan fingerprint density at radius 2 is 1.04 bits per heavy atom. The molecule has 85 heavy (non-hydrogen) atoms. The number of carboxylic acid groups (broad SMARTS) is 5. The van der Waals surface area contributed by atoms with Crippen LogP contribution in [0, 0.1) is 23.7 Å². The van der Waals surface area contributed by atoms with Crippen molar-refractivity contribution in [1.82, 2.24) is 31.9 Å². The van der Waals surface area contributed by atoms with E-state index in [0.29, 0.717) is 5.75 Å². The molecule has 1 rings (SSSR count). The van der Waals surface area contributed by atoms with Crippen molar-refractivity contribution in [1.29, 1.82) is 0 Å². The van der Waals surface area contributed by atoms with Crippen molar-refractivity contribution < 1.29 is 107 Å². The molecular formula is C55H85N7O22S. The highest BCUT2D eigenvalue weighted by Gasteiger charge is 2.37. The molecule has 0 spiro atoms. The van der Waals surface area contributed by atoms with Crippen LogP contribution in [0.4, 0.5) is 0 Å². The Hall–Kier alpha value is -7.05. The van der Waals surface area contributed by atoms with Gasteiger partial charge in [-0.3, -0.25) is 82.0 Å². The van der Waals surface area contributed by atoms with Crippen molar-refractivity contribution in [3.05, 3.63) is 0 Å². The van der Waals surface area contributed by atoms with Crippen LogP contribution in [0.2, 0.25) is 0 Å². The third-order valence-electron chi connectivity index (χ3n) is 13.8. The molecule has 13 N–H and O–H groups in total. The van der Waals surface area contributed by atoms with Gasteiger partial charge in [0.2, 0.25) is 29.5 Å². The lowest BCUT2D eigenvalue weighted by Gasteiger charge is -2.25.